The van der Waals surface area contributed by atoms with Gasteiger partial charge >= 0.3 is 0 Å². The number of anilines is 1. The summed E-state index contributed by atoms with van der Waals surface area (Å²) in [6.07, 6.45) is 3.73. The van der Waals surface area contributed by atoms with Gasteiger partial charge < -0.3 is 19.5 Å². The first kappa shape index (κ1) is 20.6. The Morgan fingerprint density at radius 2 is 1.67 bits per heavy atom. The van der Waals surface area contributed by atoms with Gasteiger partial charge in [-0.1, -0.05) is 13.3 Å². The average Bonchev–Trinajstić information content (AvgIpc) is 3.09. The molecule has 2 aromatic rings. The first-order valence-corrected chi connectivity index (χ1v) is 9.54. The van der Waals surface area contributed by atoms with E-state index < -0.39 is 0 Å². The zero-order valence-corrected chi connectivity index (χ0v) is 16.6. The van der Waals surface area contributed by atoms with Gasteiger partial charge in [-0.3, -0.25) is 4.79 Å². The molecule has 0 saturated heterocycles. The van der Waals surface area contributed by atoms with Crippen LogP contribution in [0.2, 0.25) is 0 Å². The van der Waals surface area contributed by atoms with Crippen LogP contribution >= 0.6 is 0 Å². The topological polar surface area (TPSA) is 74.6 Å². The third kappa shape index (κ3) is 5.39. The smallest absolute Gasteiger partial charge is 0.257 e. The van der Waals surface area contributed by atoms with E-state index in [2.05, 4.69) is 17.3 Å². The van der Waals surface area contributed by atoms with Crippen LogP contribution in [0.1, 0.15) is 50.9 Å². The molecule has 7 nitrogen and oxygen atoms in total. The molecule has 1 heterocycles. The van der Waals surface area contributed by atoms with Gasteiger partial charge in [-0.05, 0) is 39.3 Å². The largest absolute Gasteiger partial charge is 0.490 e. The number of benzene rings is 1. The number of nitrogens with one attached hydrogen (secondary N) is 1. The number of rotatable bonds is 11. The van der Waals surface area contributed by atoms with Crippen molar-refractivity contribution in [1.29, 1.82) is 0 Å². The van der Waals surface area contributed by atoms with Crippen molar-refractivity contribution in [3.8, 4) is 17.2 Å². The highest BCUT2D eigenvalue weighted by atomic mass is 16.5. The fourth-order valence-electron chi connectivity index (χ4n) is 2.63. The predicted molar refractivity (Wildman–Crippen MR) is 105 cm³/mol. The summed E-state index contributed by atoms with van der Waals surface area (Å²) < 4.78 is 18.8. The first-order chi connectivity index (χ1) is 13.1. The lowest BCUT2D eigenvalue weighted by Crippen LogP contribution is -2.16. The van der Waals surface area contributed by atoms with Gasteiger partial charge in [0.2, 0.25) is 5.75 Å². The minimum absolute atomic E-state index is 0.252. The van der Waals surface area contributed by atoms with Gasteiger partial charge in [0.15, 0.2) is 11.5 Å². The maximum absolute atomic E-state index is 12.8. The number of aromatic nitrogens is 2. The van der Waals surface area contributed by atoms with E-state index in [4.69, 9.17) is 14.2 Å². The molecule has 0 fully saturated rings. The van der Waals surface area contributed by atoms with E-state index in [1.165, 1.54) is 0 Å². The fourth-order valence-corrected chi connectivity index (χ4v) is 2.63. The number of amides is 1. The quantitative estimate of drug-likeness (QED) is 0.639. The second-order valence-electron chi connectivity index (χ2n) is 5.85. The molecule has 2 rings (SSSR count). The lowest BCUT2D eigenvalue weighted by atomic mass is 10.1. The zero-order valence-electron chi connectivity index (χ0n) is 16.6. The molecule has 148 valence electrons. The summed E-state index contributed by atoms with van der Waals surface area (Å²) in [5, 5.41) is 7.18. The number of nitrogens with zero attached hydrogens (tertiary/aromatic N) is 2. The predicted octanol–water partition coefficient (Wildman–Crippen LogP) is 4.13. The van der Waals surface area contributed by atoms with E-state index in [9.17, 15) is 4.79 Å². The van der Waals surface area contributed by atoms with Crippen molar-refractivity contribution in [3.05, 3.63) is 30.0 Å². The summed E-state index contributed by atoms with van der Waals surface area (Å²) in [5.74, 6) is 1.92. The number of carbonyl (C=O) groups is 1. The Bertz CT molecular complexity index is 716. The van der Waals surface area contributed by atoms with Crippen molar-refractivity contribution in [3.63, 3.8) is 0 Å². The van der Waals surface area contributed by atoms with Gasteiger partial charge in [-0.2, -0.15) is 5.10 Å². The molecular formula is C20H29N3O4. The van der Waals surface area contributed by atoms with Crippen molar-refractivity contribution in [2.24, 2.45) is 0 Å². The molecule has 0 unspecified atom stereocenters. The number of unbranched alkanes of at least 4 members (excludes halogenated alkanes) is 1. The van der Waals surface area contributed by atoms with Crippen LogP contribution in [0.4, 0.5) is 5.82 Å². The monoisotopic (exact) mass is 375 g/mol. The van der Waals surface area contributed by atoms with Crippen LogP contribution < -0.4 is 19.5 Å². The summed E-state index contributed by atoms with van der Waals surface area (Å²) in [6.45, 7) is 9.93. The average molecular weight is 375 g/mol. The van der Waals surface area contributed by atoms with E-state index in [0.717, 1.165) is 19.4 Å². The normalized spacial score (nSPS) is 10.5. The van der Waals surface area contributed by atoms with Crippen LogP contribution in [0.25, 0.3) is 0 Å². The SMILES string of the molecule is CCCCn1nccc1NC(=O)c1cc(OCC)c(OCC)c(OCC)c1. The standard InChI is InChI=1S/C20H29N3O4/c1-5-9-12-23-18(10-11-21-23)22-20(24)15-13-16(25-6-2)19(27-8-4)17(14-15)26-7-3/h10-11,13-14H,5-9,12H2,1-4H3,(H,22,24). The van der Waals surface area contributed by atoms with Gasteiger partial charge in [0.25, 0.3) is 5.91 Å². The first-order valence-electron chi connectivity index (χ1n) is 9.54. The molecule has 0 aliphatic heterocycles. The summed E-state index contributed by atoms with van der Waals surface area (Å²) in [4.78, 5) is 12.8. The van der Waals surface area contributed by atoms with Crippen LogP contribution in [0.5, 0.6) is 17.2 Å². The highest BCUT2D eigenvalue weighted by molar-refractivity contribution is 6.04. The van der Waals surface area contributed by atoms with Crippen LogP contribution in [-0.4, -0.2) is 35.5 Å². The number of carbonyl (C=O) groups excluding carboxylic acids is 1. The minimum atomic E-state index is -0.252. The second-order valence-corrected chi connectivity index (χ2v) is 5.85. The maximum atomic E-state index is 12.8. The summed E-state index contributed by atoms with van der Waals surface area (Å²) in [5.41, 5.74) is 0.439. The van der Waals surface area contributed by atoms with Crippen molar-refractivity contribution in [2.45, 2.75) is 47.1 Å². The molecule has 0 aliphatic carbocycles. The van der Waals surface area contributed by atoms with Crippen molar-refractivity contribution in [2.75, 3.05) is 25.1 Å². The number of aryl methyl sites for hydroxylation is 1. The summed E-state index contributed by atoms with van der Waals surface area (Å²) in [7, 11) is 0. The third-order valence-corrected chi connectivity index (χ3v) is 3.85. The Balaban J connectivity index is 2.30. The van der Waals surface area contributed by atoms with Crippen LogP contribution in [-0.2, 0) is 6.54 Å². The lowest BCUT2D eigenvalue weighted by molar-refractivity contribution is 0.102. The van der Waals surface area contributed by atoms with Crippen LogP contribution in [0.3, 0.4) is 0 Å². The number of hydrogen-bond acceptors (Lipinski definition) is 5. The lowest BCUT2D eigenvalue weighted by Gasteiger charge is -2.17. The van der Waals surface area contributed by atoms with Crippen LogP contribution in [0, 0.1) is 0 Å². The van der Waals surface area contributed by atoms with E-state index in [-0.39, 0.29) is 5.91 Å². The van der Waals surface area contributed by atoms with Gasteiger partial charge in [0, 0.05) is 18.2 Å². The molecule has 0 spiro atoms. The van der Waals surface area contributed by atoms with Gasteiger partial charge in [-0.15, -0.1) is 0 Å². The molecule has 1 amide bonds. The highest BCUT2D eigenvalue weighted by Gasteiger charge is 2.19. The molecule has 0 radical (unpaired) electrons. The van der Waals surface area contributed by atoms with Gasteiger partial charge in [0.1, 0.15) is 5.82 Å². The van der Waals surface area contributed by atoms with E-state index in [1.807, 2.05) is 20.8 Å². The Morgan fingerprint density at radius 3 is 2.22 bits per heavy atom. The molecule has 0 bridgehead atoms. The molecule has 1 aromatic heterocycles. The molecular weight excluding hydrogens is 346 g/mol. The zero-order chi connectivity index (χ0) is 19.6. The fraction of sp³-hybridized carbons (Fsp3) is 0.500. The Hall–Kier alpha value is -2.70. The number of hydrogen-bond donors (Lipinski definition) is 1. The molecule has 0 atom stereocenters. The molecule has 27 heavy (non-hydrogen) atoms. The van der Waals surface area contributed by atoms with Crippen molar-refractivity contribution in [1.82, 2.24) is 9.78 Å². The van der Waals surface area contributed by atoms with E-state index >= 15 is 0 Å². The molecule has 1 N–H and O–H groups in total. The Kier molecular flexibility index (Phi) is 7.98. The third-order valence-electron chi connectivity index (χ3n) is 3.85. The Labute approximate surface area is 160 Å². The number of ether oxygens (including phenoxy) is 3. The molecule has 1 aromatic carbocycles. The minimum Gasteiger partial charge on any atom is -0.490 e. The van der Waals surface area contributed by atoms with Crippen molar-refractivity contribution >= 4 is 11.7 Å². The molecule has 0 aliphatic rings. The van der Waals surface area contributed by atoms with Crippen LogP contribution in [0.15, 0.2) is 24.4 Å². The maximum Gasteiger partial charge on any atom is 0.257 e. The Morgan fingerprint density at radius 1 is 1.04 bits per heavy atom. The summed E-state index contributed by atoms with van der Waals surface area (Å²) in [6, 6.07) is 5.15. The van der Waals surface area contributed by atoms with E-state index in [0.29, 0.717) is 48.5 Å². The second kappa shape index (κ2) is 10.4. The van der Waals surface area contributed by atoms with Crippen molar-refractivity contribution < 1.29 is 19.0 Å². The van der Waals surface area contributed by atoms with E-state index in [1.54, 1.807) is 29.1 Å². The summed E-state index contributed by atoms with van der Waals surface area (Å²) >= 11 is 0. The molecule has 0 saturated carbocycles. The molecule has 7 heteroatoms. The highest BCUT2D eigenvalue weighted by Crippen LogP contribution is 2.39. The van der Waals surface area contributed by atoms with Gasteiger partial charge in [0.05, 0.1) is 26.0 Å². The van der Waals surface area contributed by atoms with Gasteiger partial charge in [-0.25, -0.2) is 4.68 Å².